The van der Waals surface area contributed by atoms with Crippen LogP contribution < -0.4 is 5.32 Å². The molecule has 3 rings (SSSR count). The number of nitrogens with zero attached hydrogens (tertiary/aromatic N) is 3. The first-order chi connectivity index (χ1) is 10.1. The normalized spacial score (nSPS) is 30.8. The molecule has 3 atom stereocenters. The molecule has 1 N–H and O–H groups in total. The quantitative estimate of drug-likeness (QED) is 0.881. The van der Waals surface area contributed by atoms with Gasteiger partial charge in [0, 0.05) is 19.1 Å². The fourth-order valence-electron chi connectivity index (χ4n) is 4.28. The van der Waals surface area contributed by atoms with E-state index >= 15 is 0 Å². The maximum Gasteiger partial charge on any atom is 0.0695 e. The van der Waals surface area contributed by atoms with Gasteiger partial charge in [-0.05, 0) is 67.5 Å². The highest BCUT2D eigenvalue weighted by atomic mass is 79.9. The largest absolute Gasteiger partial charge is 0.308 e. The molecular weight excluding hydrogens is 328 g/mol. The summed E-state index contributed by atoms with van der Waals surface area (Å²) in [4.78, 5) is 2.62. The Morgan fingerprint density at radius 2 is 2.00 bits per heavy atom. The van der Waals surface area contributed by atoms with Gasteiger partial charge in [0.05, 0.1) is 22.4 Å². The number of rotatable bonds is 5. The van der Waals surface area contributed by atoms with Crippen molar-refractivity contribution >= 4 is 15.9 Å². The van der Waals surface area contributed by atoms with Crippen molar-refractivity contribution in [1.29, 1.82) is 0 Å². The number of halogens is 1. The van der Waals surface area contributed by atoms with Gasteiger partial charge in [-0.3, -0.25) is 4.68 Å². The number of fused-ring (bicyclic) bond motifs is 2. The highest BCUT2D eigenvalue weighted by molar-refractivity contribution is 9.10. The molecular formula is C16H27BrN4. The fourth-order valence-corrected chi connectivity index (χ4v) is 4.88. The molecule has 2 bridgehead atoms. The zero-order chi connectivity index (χ0) is 15.0. The first-order valence-corrected chi connectivity index (χ1v) is 9.03. The Kier molecular flexibility index (Phi) is 4.71. The van der Waals surface area contributed by atoms with E-state index in [0.717, 1.165) is 29.0 Å². The Bertz CT molecular complexity index is 453. The molecule has 2 fully saturated rings. The second-order valence-corrected chi connectivity index (χ2v) is 7.57. The lowest BCUT2D eigenvalue weighted by atomic mass is 9.83. The maximum absolute atomic E-state index is 4.43. The zero-order valence-electron chi connectivity index (χ0n) is 13.3. The monoisotopic (exact) mass is 354 g/mol. The van der Waals surface area contributed by atoms with Crippen molar-refractivity contribution < 1.29 is 0 Å². The maximum atomic E-state index is 4.43. The molecule has 21 heavy (non-hydrogen) atoms. The molecule has 0 radical (unpaired) electrons. The van der Waals surface area contributed by atoms with E-state index in [9.17, 15) is 0 Å². The summed E-state index contributed by atoms with van der Waals surface area (Å²) in [5, 5.41) is 8.23. The summed E-state index contributed by atoms with van der Waals surface area (Å²) < 4.78 is 3.18. The van der Waals surface area contributed by atoms with Gasteiger partial charge in [-0.2, -0.15) is 5.10 Å². The van der Waals surface area contributed by atoms with Crippen LogP contribution in [0.4, 0.5) is 0 Å². The minimum atomic E-state index is 0.420. The Hall–Kier alpha value is -0.390. The number of piperidine rings is 1. The van der Waals surface area contributed by atoms with Crippen molar-refractivity contribution in [2.24, 2.45) is 13.0 Å². The minimum Gasteiger partial charge on any atom is -0.308 e. The van der Waals surface area contributed by atoms with Gasteiger partial charge in [-0.15, -0.1) is 0 Å². The van der Waals surface area contributed by atoms with Crippen molar-refractivity contribution in [3.63, 3.8) is 0 Å². The van der Waals surface area contributed by atoms with Crippen LogP contribution in [0.3, 0.4) is 0 Å². The topological polar surface area (TPSA) is 33.1 Å². The number of aryl methyl sites for hydroxylation is 1. The third kappa shape index (κ3) is 2.92. The molecule has 0 amide bonds. The molecule has 2 aliphatic rings. The number of hydrogen-bond acceptors (Lipinski definition) is 3. The molecule has 118 valence electrons. The van der Waals surface area contributed by atoms with Gasteiger partial charge < -0.3 is 10.2 Å². The van der Waals surface area contributed by atoms with Crippen LogP contribution in [0.15, 0.2) is 10.7 Å². The van der Waals surface area contributed by atoms with Gasteiger partial charge in [0.15, 0.2) is 0 Å². The van der Waals surface area contributed by atoms with E-state index in [1.54, 1.807) is 0 Å². The van der Waals surface area contributed by atoms with Crippen LogP contribution in [0.1, 0.15) is 50.8 Å². The fraction of sp³-hybridized carbons (Fsp3) is 0.812. The second-order valence-electron chi connectivity index (χ2n) is 6.72. The minimum absolute atomic E-state index is 0.420. The lowest BCUT2D eigenvalue weighted by molar-refractivity contribution is 0.110. The number of hydrogen-bond donors (Lipinski definition) is 1. The molecule has 1 aromatic rings. The summed E-state index contributed by atoms with van der Waals surface area (Å²) in [6, 6.07) is 1.99. The van der Waals surface area contributed by atoms with Crippen molar-refractivity contribution in [1.82, 2.24) is 20.0 Å². The van der Waals surface area contributed by atoms with Gasteiger partial charge in [0.2, 0.25) is 0 Å². The van der Waals surface area contributed by atoms with Crippen molar-refractivity contribution in [3.05, 3.63) is 16.4 Å². The Balaban J connectivity index is 1.83. The van der Waals surface area contributed by atoms with Gasteiger partial charge in [0.25, 0.3) is 0 Å². The molecule has 2 saturated heterocycles. The van der Waals surface area contributed by atoms with Crippen LogP contribution in [0.2, 0.25) is 0 Å². The van der Waals surface area contributed by atoms with Crippen molar-refractivity contribution in [2.45, 2.75) is 57.2 Å². The third-order valence-electron chi connectivity index (χ3n) is 5.45. The molecule has 3 unspecified atom stereocenters. The van der Waals surface area contributed by atoms with E-state index in [1.807, 2.05) is 10.9 Å². The average Bonchev–Trinajstić information content (AvgIpc) is 2.88. The Labute approximate surface area is 136 Å². The molecule has 0 aromatic carbocycles. The van der Waals surface area contributed by atoms with Crippen molar-refractivity contribution in [2.75, 3.05) is 13.6 Å². The van der Waals surface area contributed by atoms with Crippen molar-refractivity contribution in [3.8, 4) is 0 Å². The summed E-state index contributed by atoms with van der Waals surface area (Å²) in [5.41, 5.74) is 1.32. The summed E-state index contributed by atoms with van der Waals surface area (Å²) in [7, 11) is 4.37. The Morgan fingerprint density at radius 3 is 2.52 bits per heavy atom. The van der Waals surface area contributed by atoms with E-state index in [1.165, 1.54) is 37.8 Å². The van der Waals surface area contributed by atoms with Gasteiger partial charge in [0.1, 0.15) is 0 Å². The summed E-state index contributed by atoms with van der Waals surface area (Å²) >= 11 is 3.70. The van der Waals surface area contributed by atoms with E-state index in [0.29, 0.717) is 6.04 Å². The number of nitrogens with one attached hydrogen (secondary N) is 1. The third-order valence-corrected chi connectivity index (χ3v) is 6.06. The van der Waals surface area contributed by atoms with E-state index in [2.05, 4.69) is 52.3 Å². The molecule has 5 heteroatoms. The van der Waals surface area contributed by atoms with E-state index in [4.69, 9.17) is 0 Å². The molecule has 0 saturated carbocycles. The van der Waals surface area contributed by atoms with Crippen LogP contribution in [-0.4, -0.2) is 40.4 Å². The summed E-state index contributed by atoms with van der Waals surface area (Å²) in [6.45, 7) is 3.31. The van der Waals surface area contributed by atoms with Gasteiger partial charge in [-0.25, -0.2) is 0 Å². The molecule has 1 aromatic heterocycles. The highest BCUT2D eigenvalue weighted by Crippen LogP contribution is 2.43. The van der Waals surface area contributed by atoms with Gasteiger partial charge >= 0.3 is 0 Å². The first-order valence-electron chi connectivity index (χ1n) is 8.24. The van der Waals surface area contributed by atoms with E-state index < -0.39 is 0 Å². The predicted octanol–water partition coefficient (Wildman–Crippen LogP) is 3.10. The zero-order valence-corrected chi connectivity index (χ0v) is 14.9. The van der Waals surface area contributed by atoms with Gasteiger partial charge in [-0.1, -0.05) is 6.92 Å². The summed E-state index contributed by atoms with van der Waals surface area (Å²) in [5.74, 6) is 0.719. The second kappa shape index (κ2) is 6.39. The average molecular weight is 355 g/mol. The van der Waals surface area contributed by atoms with Crippen LogP contribution in [0.25, 0.3) is 0 Å². The molecule has 3 heterocycles. The number of aromatic nitrogens is 2. The lowest BCUT2D eigenvalue weighted by Gasteiger charge is -2.40. The lowest BCUT2D eigenvalue weighted by Crippen LogP contribution is -2.44. The van der Waals surface area contributed by atoms with Crippen LogP contribution >= 0.6 is 15.9 Å². The van der Waals surface area contributed by atoms with Crippen LogP contribution in [0.5, 0.6) is 0 Å². The SMILES string of the molecule is CCCNC(c1c(Br)cnn1C)C1CC2CCC(C1)N2C. The van der Waals surface area contributed by atoms with Crippen LogP contribution in [0, 0.1) is 5.92 Å². The van der Waals surface area contributed by atoms with Crippen LogP contribution in [-0.2, 0) is 7.05 Å². The highest BCUT2D eigenvalue weighted by Gasteiger charge is 2.42. The summed E-state index contributed by atoms with van der Waals surface area (Å²) in [6.07, 6.45) is 8.48. The molecule has 0 spiro atoms. The first kappa shape index (κ1) is 15.5. The smallest absolute Gasteiger partial charge is 0.0695 e. The molecule has 4 nitrogen and oxygen atoms in total. The van der Waals surface area contributed by atoms with E-state index in [-0.39, 0.29) is 0 Å². The molecule has 2 aliphatic heterocycles. The predicted molar refractivity (Wildman–Crippen MR) is 89.2 cm³/mol. The standard InChI is InChI=1S/C16H27BrN4/c1-4-7-18-15(16-14(17)10-19-21(16)3)11-8-12-5-6-13(9-11)20(12)2/h10-13,15,18H,4-9H2,1-3H3. The molecule has 0 aliphatic carbocycles. The Morgan fingerprint density at radius 1 is 1.33 bits per heavy atom.